The third-order valence-electron chi connectivity index (χ3n) is 0.511. The third kappa shape index (κ3) is 2.74. The Morgan fingerprint density at radius 3 is 1.82 bits per heavy atom. The molecule has 0 bridgehead atoms. The maximum absolute atomic E-state index is 11.3. The second kappa shape index (κ2) is 2.68. The molecule has 4 nitrogen and oxygen atoms in total. The number of alkyl halides is 3. The van der Waals surface area contributed by atoms with Crippen molar-refractivity contribution in [3.8, 4) is 0 Å². The molecule has 0 N–H and O–H groups in total. The Morgan fingerprint density at radius 1 is 1.36 bits per heavy atom. The molecule has 0 aliphatic rings. The molecule has 0 saturated heterocycles. The van der Waals surface area contributed by atoms with E-state index in [1.165, 1.54) is 0 Å². The molecule has 0 aromatic carbocycles. The zero-order valence-corrected chi connectivity index (χ0v) is 5.99. The minimum Gasteiger partial charge on any atom is -0.340 e. The molecule has 0 amide bonds. The highest BCUT2D eigenvalue weighted by molar-refractivity contribution is 7.88. The molecule has 0 aromatic heterocycles. The van der Waals surface area contributed by atoms with Crippen LogP contribution in [-0.2, 0) is 19.1 Å². The van der Waals surface area contributed by atoms with Gasteiger partial charge in [-0.15, -0.1) is 0 Å². The van der Waals surface area contributed by atoms with E-state index in [4.69, 9.17) is 0 Å². The summed E-state index contributed by atoms with van der Waals surface area (Å²) in [6, 6.07) is 0. The molecule has 0 rings (SSSR count). The van der Waals surface area contributed by atoms with Crippen molar-refractivity contribution < 1.29 is 30.6 Å². The molecule has 0 unspecified atom stereocenters. The van der Waals surface area contributed by atoms with Crippen LogP contribution in [-0.4, -0.2) is 19.9 Å². The van der Waals surface area contributed by atoms with Crippen molar-refractivity contribution in [1.82, 2.24) is 0 Å². The Hall–Kier alpha value is -0.790. The van der Waals surface area contributed by atoms with E-state index >= 15 is 0 Å². The van der Waals surface area contributed by atoms with Crippen LogP contribution in [0.25, 0.3) is 0 Å². The molecule has 0 atom stereocenters. The number of hydrogen-bond donors (Lipinski definition) is 0. The van der Waals surface area contributed by atoms with E-state index in [0.717, 1.165) is 0 Å². The summed E-state index contributed by atoms with van der Waals surface area (Å²) < 4.78 is 56.8. The van der Waals surface area contributed by atoms with Gasteiger partial charge in [-0.1, -0.05) is 0 Å². The molecule has 0 aliphatic heterocycles. The Balaban J connectivity index is 4.64. The Bertz CT molecular complexity index is 250. The highest BCUT2D eigenvalue weighted by Gasteiger charge is 2.49. The monoisotopic (exact) mass is 192 g/mol. The summed E-state index contributed by atoms with van der Waals surface area (Å²) in [6.07, 6.45) is 0. The molecule has 0 heterocycles. The maximum atomic E-state index is 11.3. The highest BCUT2D eigenvalue weighted by Crippen LogP contribution is 2.24. The van der Waals surface area contributed by atoms with Crippen molar-refractivity contribution in [3.63, 3.8) is 0 Å². The van der Waals surface area contributed by atoms with E-state index in [0.29, 0.717) is 6.92 Å². The van der Waals surface area contributed by atoms with Gasteiger partial charge in [0.25, 0.3) is 0 Å². The largest absolute Gasteiger partial charge is 0.534 e. The van der Waals surface area contributed by atoms with Gasteiger partial charge in [0.05, 0.1) is 0 Å². The van der Waals surface area contributed by atoms with E-state index in [9.17, 15) is 26.4 Å². The molecular weight excluding hydrogens is 189 g/mol. The van der Waals surface area contributed by atoms with Crippen molar-refractivity contribution in [2.24, 2.45) is 0 Å². The van der Waals surface area contributed by atoms with Crippen LogP contribution in [0.1, 0.15) is 6.92 Å². The van der Waals surface area contributed by atoms with Crippen LogP contribution in [0.4, 0.5) is 13.2 Å². The average molecular weight is 192 g/mol. The van der Waals surface area contributed by atoms with Gasteiger partial charge >= 0.3 is 21.6 Å². The number of carbonyl (C=O) groups is 1. The maximum Gasteiger partial charge on any atom is 0.534 e. The molecule has 8 heteroatoms. The second-order valence-electron chi connectivity index (χ2n) is 1.47. The number of hydrogen-bond acceptors (Lipinski definition) is 4. The molecular formula is C3H3F3O4S. The molecule has 0 saturated carbocycles. The summed E-state index contributed by atoms with van der Waals surface area (Å²) in [7, 11) is -5.75. The third-order valence-corrected chi connectivity index (χ3v) is 1.53. The van der Waals surface area contributed by atoms with Crippen LogP contribution in [0.5, 0.6) is 0 Å². The summed E-state index contributed by atoms with van der Waals surface area (Å²) in [4.78, 5) is 9.80. The van der Waals surface area contributed by atoms with Gasteiger partial charge in [-0.3, -0.25) is 4.79 Å². The van der Waals surface area contributed by atoms with Crippen LogP contribution >= 0.6 is 0 Å². The lowest BCUT2D eigenvalue weighted by Gasteiger charge is -2.05. The van der Waals surface area contributed by atoms with Gasteiger partial charge in [-0.2, -0.15) is 21.6 Å². The first-order valence-electron chi connectivity index (χ1n) is 2.18. The van der Waals surface area contributed by atoms with Gasteiger partial charge < -0.3 is 4.18 Å². The lowest BCUT2D eigenvalue weighted by molar-refractivity contribution is -0.133. The molecule has 0 aromatic rings. The number of rotatable bonds is 1. The smallest absolute Gasteiger partial charge is 0.340 e. The van der Waals surface area contributed by atoms with E-state index in [2.05, 4.69) is 4.18 Å². The van der Waals surface area contributed by atoms with Crippen LogP contribution in [0.2, 0.25) is 0 Å². The normalized spacial score (nSPS) is 12.7. The Labute approximate surface area is 60.1 Å². The standard InChI is InChI=1S/C3H3F3O4S/c1-2(7)10-11(8,9)3(4,5)6/h1H3. The summed E-state index contributed by atoms with van der Waals surface area (Å²) in [5.74, 6) is -1.53. The lowest BCUT2D eigenvalue weighted by atomic mass is 10.9. The minimum atomic E-state index is -5.75. The number of halogens is 3. The van der Waals surface area contributed by atoms with Gasteiger partial charge in [0, 0.05) is 6.92 Å². The van der Waals surface area contributed by atoms with E-state index in [-0.39, 0.29) is 0 Å². The first kappa shape index (κ1) is 10.2. The topological polar surface area (TPSA) is 60.4 Å². The highest BCUT2D eigenvalue weighted by atomic mass is 32.2. The van der Waals surface area contributed by atoms with Gasteiger partial charge in [-0.05, 0) is 0 Å². The SMILES string of the molecule is CC(=O)OS(=O)(=O)C(F)(F)F. The van der Waals surface area contributed by atoms with E-state index in [1.807, 2.05) is 0 Å². The second-order valence-corrected chi connectivity index (χ2v) is 3.01. The molecule has 0 spiro atoms. The summed E-state index contributed by atoms with van der Waals surface area (Å²) in [5.41, 5.74) is -5.54. The van der Waals surface area contributed by atoms with Gasteiger partial charge in [0.2, 0.25) is 0 Å². The van der Waals surface area contributed by atoms with Crippen molar-refractivity contribution in [3.05, 3.63) is 0 Å². The Kier molecular flexibility index (Phi) is 2.49. The quantitative estimate of drug-likeness (QED) is 0.445. The van der Waals surface area contributed by atoms with Crippen molar-refractivity contribution in [2.45, 2.75) is 12.4 Å². The molecule has 66 valence electrons. The summed E-state index contributed by atoms with van der Waals surface area (Å²) in [6.45, 7) is 0.559. The molecule has 11 heavy (non-hydrogen) atoms. The number of carbonyl (C=O) groups excluding carboxylic acids is 1. The molecule has 0 radical (unpaired) electrons. The summed E-state index contributed by atoms with van der Waals surface area (Å²) in [5, 5.41) is 0. The van der Waals surface area contributed by atoms with Crippen LogP contribution in [0, 0.1) is 0 Å². The first-order valence-corrected chi connectivity index (χ1v) is 3.59. The van der Waals surface area contributed by atoms with Gasteiger partial charge in [-0.25, -0.2) is 0 Å². The van der Waals surface area contributed by atoms with E-state index in [1.54, 1.807) is 0 Å². The van der Waals surface area contributed by atoms with Crippen LogP contribution in [0.3, 0.4) is 0 Å². The van der Waals surface area contributed by atoms with Crippen LogP contribution < -0.4 is 0 Å². The fourth-order valence-electron chi connectivity index (χ4n) is 0.202. The zero-order valence-electron chi connectivity index (χ0n) is 5.18. The fraction of sp³-hybridized carbons (Fsp3) is 0.667. The average Bonchev–Trinajstić information content (AvgIpc) is 1.56. The first-order chi connectivity index (χ1) is 4.67. The van der Waals surface area contributed by atoms with E-state index < -0.39 is 21.6 Å². The van der Waals surface area contributed by atoms with Crippen molar-refractivity contribution >= 4 is 16.1 Å². The van der Waals surface area contributed by atoms with Gasteiger partial charge in [0.1, 0.15) is 0 Å². The summed E-state index contributed by atoms with van der Waals surface area (Å²) >= 11 is 0. The molecule has 0 aliphatic carbocycles. The van der Waals surface area contributed by atoms with Crippen molar-refractivity contribution in [1.29, 1.82) is 0 Å². The Morgan fingerprint density at radius 2 is 1.73 bits per heavy atom. The zero-order chi connectivity index (χ0) is 9.28. The van der Waals surface area contributed by atoms with Crippen LogP contribution in [0.15, 0.2) is 0 Å². The lowest BCUT2D eigenvalue weighted by Crippen LogP contribution is -2.27. The van der Waals surface area contributed by atoms with Crippen molar-refractivity contribution in [2.75, 3.05) is 0 Å². The predicted molar refractivity (Wildman–Crippen MR) is 26.7 cm³/mol. The predicted octanol–water partition coefficient (Wildman–Crippen LogP) is 0.399. The van der Waals surface area contributed by atoms with Gasteiger partial charge in [0.15, 0.2) is 0 Å². The minimum absolute atomic E-state index is 0.559. The fourth-order valence-corrected chi connectivity index (χ4v) is 0.605. The molecule has 0 fully saturated rings.